The molecule has 2 aromatic rings. The zero-order valence-corrected chi connectivity index (χ0v) is 10.9. The van der Waals surface area contributed by atoms with Crippen molar-refractivity contribution in [2.45, 2.75) is 13.0 Å². The molecule has 1 aromatic carbocycles. The van der Waals surface area contributed by atoms with E-state index in [1.807, 2.05) is 36.8 Å². The molecule has 1 unspecified atom stereocenters. The molecular formula is C14H16ClN3. The Morgan fingerprint density at radius 1 is 1.39 bits per heavy atom. The summed E-state index contributed by atoms with van der Waals surface area (Å²) in [7, 11) is 0. The molecular weight excluding hydrogens is 246 g/mol. The second-order valence-electron chi connectivity index (χ2n) is 4.77. The van der Waals surface area contributed by atoms with Crippen molar-refractivity contribution in [1.29, 1.82) is 0 Å². The van der Waals surface area contributed by atoms with Gasteiger partial charge in [0, 0.05) is 17.1 Å². The third kappa shape index (κ3) is 2.28. The Hall–Kier alpha value is -1.32. The third-order valence-electron chi connectivity index (χ3n) is 3.48. The van der Waals surface area contributed by atoms with E-state index in [0.717, 1.165) is 35.9 Å². The number of halogens is 1. The summed E-state index contributed by atoms with van der Waals surface area (Å²) >= 11 is 6.25. The summed E-state index contributed by atoms with van der Waals surface area (Å²) in [5, 5.41) is 4.18. The monoisotopic (exact) mass is 261 g/mol. The number of hydrogen-bond acceptors (Lipinski definition) is 2. The molecule has 18 heavy (non-hydrogen) atoms. The second kappa shape index (κ2) is 5.12. The van der Waals surface area contributed by atoms with Crippen LogP contribution in [-0.2, 0) is 6.54 Å². The molecule has 0 spiro atoms. The van der Waals surface area contributed by atoms with Gasteiger partial charge >= 0.3 is 0 Å². The molecule has 0 saturated carbocycles. The molecule has 1 aromatic heterocycles. The lowest BCUT2D eigenvalue weighted by Crippen LogP contribution is -2.14. The average molecular weight is 262 g/mol. The Morgan fingerprint density at radius 2 is 2.28 bits per heavy atom. The highest BCUT2D eigenvalue weighted by Crippen LogP contribution is 2.28. The molecule has 3 rings (SSSR count). The van der Waals surface area contributed by atoms with Gasteiger partial charge in [0.25, 0.3) is 0 Å². The first-order valence-electron chi connectivity index (χ1n) is 6.30. The average Bonchev–Trinajstić information content (AvgIpc) is 3.02. The van der Waals surface area contributed by atoms with Crippen LogP contribution in [0.4, 0.5) is 0 Å². The number of hydrogen-bond donors (Lipinski definition) is 1. The fraction of sp³-hybridized carbons (Fsp3) is 0.357. The first-order chi connectivity index (χ1) is 8.84. The van der Waals surface area contributed by atoms with Crippen LogP contribution in [0.15, 0.2) is 36.8 Å². The molecule has 1 aliphatic heterocycles. The van der Waals surface area contributed by atoms with Gasteiger partial charge in [-0.3, -0.25) is 0 Å². The minimum Gasteiger partial charge on any atom is -0.330 e. The van der Waals surface area contributed by atoms with Crippen molar-refractivity contribution in [2.24, 2.45) is 5.92 Å². The molecule has 1 aliphatic rings. The number of imidazole rings is 1. The summed E-state index contributed by atoms with van der Waals surface area (Å²) in [5.41, 5.74) is 2.16. The maximum atomic E-state index is 6.25. The maximum absolute atomic E-state index is 6.25. The van der Waals surface area contributed by atoms with Gasteiger partial charge in [0.1, 0.15) is 0 Å². The van der Waals surface area contributed by atoms with Gasteiger partial charge in [-0.05, 0) is 31.5 Å². The quantitative estimate of drug-likeness (QED) is 0.921. The Balaban J connectivity index is 1.89. The smallest absolute Gasteiger partial charge is 0.0951 e. The number of nitrogens with zero attached hydrogens (tertiary/aromatic N) is 2. The summed E-state index contributed by atoms with van der Waals surface area (Å²) in [5.74, 6) is 0.695. The van der Waals surface area contributed by atoms with Crippen LogP contribution in [0.3, 0.4) is 0 Å². The molecule has 1 atom stereocenters. The summed E-state index contributed by atoms with van der Waals surface area (Å²) in [6, 6.07) is 7.93. The summed E-state index contributed by atoms with van der Waals surface area (Å²) in [6.45, 7) is 3.23. The first-order valence-corrected chi connectivity index (χ1v) is 6.68. The van der Waals surface area contributed by atoms with Crippen molar-refractivity contribution < 1.29 is 0 Å². The third-order valence-corrected chi connectivity index (χ3v) is 3.81. The summed E-state index contributed by atoms with van der Waals surface area (Å²) in [6.07, 6.45) is 5.03. The van der Waals surface area contributed by atoms with Crippen molar-refractivity contribution in [1.82, 2.24) is 14.9 Å². The zero-order chi connectivity index (χ0) is 12.4. The Kier molecular flexibility index (Phi) is 3.35. The fourth-order valence-electron chi connectivity index (χ4n) is 2.51. The van der Waals surface area contributed by atoms with Gasteiger partial charge in [0.05, 0.1) is 18.2 Å². The summed E-state index contributed by atoms with van der Waals surface area (Å²) in [4.78, 5) is 4.27. The number of nitrogens with one attached hydrogen (secondary N) is 1. The van der Waals surface area contributed by atoms with Crippen LogP contribution in [0.1, 0.15) is 6.42 Å². The van der Waals surface area contributed by atoms with Gasteiger partial charge in [0.2, 0.25) is 0 Å². The number of rotatable bonds is 3. The molecule has 0 bridgehead atoms. The lowest BCUT2D eigenvalue weighted by Gasteiger charge is -2.13. The standard InChI is InChI=1S/C14H16ClN3/c15-13-4-2-1-3-12(13)14-8-17-10-18(14)9-11-5-6-16-7-11/h1-4,8,10-11,16H,5-7,9H2. The highest BCUT2D eigenvalue weighted by molar-refractivity contribution is 6.33. The zero-order valence-electron chi connectivity index (χ0n) is 10.1. The minimum absolute atomic E-state index is 0.695. The maximum Gasteiger partial charge on any atom is 0.0951 e. The lowest BCUT2D eigenvalue weighted by molar-refractivity contribution is 0.484. The lowest BCUT2D eigenvalue weighted by atomic mass is 10.1. The normalized spacial score (nSPS) is 19.3. The van der Waals surface area contributed by atoms with Crippen molar-refractivity contribution >= 4 is 11.6 Å². The van der Waals surface area contributed by atoms with Crippen molar-refractivity contribution in [3.63, 3.8) is 0 Å². The molecule has 0 radical (unpaired) electrons. The van der Waals surface area contributed by atoms with Crippen LogP contribution in [0.2, 0.25) is 5.02 Å². The van der Waals surface area contributed by atoms with Gasteiger partial charge < -0.3 is 9.88 Å². The van der Waals surface area contributed by atoms with Crippen LogP contribution in [0.5, 0.6) is 0 Å². The van der Waals surface area contributed by atoms with E-state index in [1.54, 1.807) is 0 Å². The first kappa shape index (κ1) is 11.8. The Bertz CT molecular complexity index is 529. The number of aromatic nitrogens is 2. The van der Waals surface area contributed by atoms with Gasteiger partial charge in [-0.1, -0.05) is 29.8 Å². The second-order valence-corrected chi connectivity index (χ2v) is 5.18. The predicted octanol–water partition coefficient (Wildman–Crippen LogP) is 2.81. The summed E-state index contributed by atoms with van der Waals surface area (Å²) < 4.78 is 2.21. The van der Waals surface area contributed by atoms with E-state index in [1.165, 1.54) is 6.42 Å². The van der Waals surface area contributed by atoms with Crippen molar-refractivity contribution in [2.75, 3.05) is 13.1 Å². The molecule has 1 N–H and O–H groups in total. The van der Waals surface area contributed by atoms with Gasteiger partial charge in [-0.2, -0.15) is 0 Å². The molecule has 0 aliphatic carbocycles. The van der Waals surface area contributed by atoms with Gasteiger partial charge in [-0.25, -0.2) is 4.98 Å². The molecule has 94 valence electrons. The van der Waals surface area contributed by atoms with E-state index in [0.29, 0.717) is 5.92 Å². The molecule has 4 heteroatoms. The molecule has 0 amide bonds. The topological polar surface area (TPSA) is 29.9 Å². The van der Waals surface area contributed by atoms with Crippen molar-refractivity contribution in [3.8, 4) is 11.3 Å². The van der Waals surface area contributed by atoms with E-state index >= 15 is 0 Å². The van der Waals surface area contributed by atoms with Crippen LogP contribution in [0.25, 0.3) is 11.3 Å². The van der Waals surface area contributed by atoms with Crippen LogP contribution < -0.4 is 5.32 Å². The van der Waals surface area contributed by atoms with Crippen LogP contribution >= 0.6 is 11.6 Å². The largest absolute Gasteiger partial charge is 0.330 e. The van der Waals surface area contributed by atoms with Crippen LogP contribution in [-0.4, -0.2) is 22.6 Å². The van der Waals surface area contributed by atoms with E-state index in [9.17, 15) is 0 Å². The van der Waals surface area contributed by atoms with Crippen molar-refractivity contribution in [3.05, 3.63) is 41.8 Å². The Morgan fingerprint density at radius 3 is 3.06 bits per heavy atom. The molecule has 2 heterocycles. The molecule has 3 nitrogen and oxygen atoms in total. The highest BCUT2D eigenvalue weighted by atomic mass is 35.5. The SMILES string of the molecule is Clc1ccccc1-c1cncn1CC1CCNC1. The van der Waals surface area contributed by atoms with Gasteiger partial charge in [0.15, 0.2) is 0 Å². The molecule has 1 saturated heterocycles. The fourth-order valence-corrected chi connectivity index (χ4v) is 2.74. The molecule has 1 fully saturated rings. The minimum atomic E-state index is 0.695. The van der Waals surface area contributed by atoms with E-state index in [2.05, 4.69) is 14.9 Å². The highest BCUT2D eigenvalue weighted by Gasteiger charge is 2.17. The Labute approximate surface area is 112 Å². The predicted molar refractivity (Wildman–Crippen MR) is 73.6 cm³/mol. The van der Waals surface area contributed by atoms with E-state index in [4.69, 9.17) is 11.6 Å². The van der Waals surface area contributed by atoms with E-state index < -0.39 is 0 Å². The van der Waals surface area contributed by atoms with Gasteiger partial charge in [-0.15, -0.1) is 0 Å². The van der Waals surface area contributed by atoms with Crippen LogP contribution in [0, 0.1) is 5.92 Å². The number of benzene rings is 1. The van der Waals surface area contributed by atoms with E-state index in [-0.39, 0.29) is 0 Å².